The van der Waals surface area contributed by atoms with Crippen LogP contribution in [-0.4, -0.2) is 60.9 Å². The van der Waals surface area contributed by atoms with Crippen molar-refractivity contribution in [2.24, 2.45) is 0 Å². The largest absolute Gasteiger partial charge is 0.387 e. The lowest BCUT2D eigenvalue weighted by Gasteiger charge is -2.33. The van der Waals surface area contributed by atoms with E-state index in [0.29, 0.717) is 30.9 Å². The van der Waals surface area contributed by atoms with Gasteiger partial charge in [0.1, 0.15) is 5.82 Å². The summed E-state index contributed by atoms with van der Waals surface area (Å²) in [6, 6.07) is 4.10. The van der Waals surface area contributed by atoms with Crippen LogP contribution in [0.15, 0.2) is 18.2 Å². The molecule has 2 N–H and O–H groups in total. The van der Waals surface area contributed by atoms with E-state index in [2.05, 4.69) is 10.2 Å². The Labute approximate surface area is 130 Å². The molecule has 0 aromatic heterocycles. The molecule has 122 valence electrons. The molecule has 0 radical (unpaired) electrons. The third-order valence-corrected chi connectivity index (χ3v) is 3.74. The summed E-state index contributed by atoms with van der Waals surface area (Å²) in [5.74, 6) is -0.824. The Kier molecular flexibility index (Phi) is 5.50. The predicted molar refractivity (Wildman–Crippen MR) is 81.4 cm³/mol. The number of hydrogen-bond donors (Lipinski definition) is 2. The number of aliphatic hydroxyl groups is 1. The van der Waals surface area contributed by atoms with E-state index in [-0.39, 0.29) is 12.5 Å². The summed E-state index contributed by atoms with van der Waals surface area (Å²) in [4.78, 5) is 14.2. The van der Waals surface area contributed by atoms with Crippen molar-refractivity contribution < 1.29 is 19.0 Å². The molecule has 1 fully saturated rings. The topological polar surface area (TPSA) is 61.8 Å². The average Bonchev–Trinajstić information content (AvgIpc) is 2.48. The van der Waals surface area contributed by atoms with Gasteiger partial charge in [0, 0.05) is 31.7 Å². The highest BCUT2D eigenvalue weighted by atomic mass is 19.1. The molecule has 0 bridgehead atoms. The van der Waals surface area contributed by atoms with E-state index >= 15 is 0 Å². The summed E-state index contributed by atoms with van der Waals surface area (Å²) >= 11 is 0. The number of ether oxygens (including phenoxy) is 1. The van der Waals surface area contributed by atoms with E-state index in [1.165, 1.54) is 12.1 Å². The number of halogens is 1. The predicted octanol–water partition coefficient (Wildman–Crippen LogP) is 0.947. The minimum Gasteiger partial charge on any atom is -0.387 e. The number of carbonyl (C=O) groups excluding carboxylic acids is 1. The van der Waals surface area contributed by atoms with Gasteiger partial charge in [-0.1, -0.05) is 6.07 Å². The van der Waals surface area contributed by atoms with Gasteiger partial charge in [-0.25, -0.2) is 4.39 Å². The van der Waals surface area contributed by atoms with Crippen molar-refractivity contribution in [1.82, 2.24) is 10.2 Å². The van der Waals surface area contributed by atoms with Crippen molar-refractivity contribution >= 4 is 5.91 Å². The Morgan fingerprint density at radius 2 is 2.14 bits per heavy atom. The second kappa shape index (κ2) is 7.17. The SMILES string of the molecule is Cc1ccc(F)cc1C(=O)NCC(C)(O)CN1CCOCC1. The van der Waals surface area contributed by atoms with Crippen LogP contribution in [0.2, 0.25) is 0 Å². The Morgan fingerprint density at radius 1 is 1.45 bits per heavy atom. The molecule has 0 saturated carbocycles. The molecule has 1 aromatic rings. The van der Waals surface area contributed by atoms with Crippen molar-refractivity contribution in [3.63, 3.8) is 0 Å². The number of carbonyl (C=O) groups is 1. The molecule has 1 atom stereocenters. The minimum atomic E-state index is -1.05. The fourth-order valence-electron chi connectivity index (χ4n) is 2.50. The molecule has 1 heterocycles. The van der Waals surface area contributed by atoms with Crippen LogP contribution >= 0.6 is 0 Å². The van der Waals surface area contributed by atoms with E-state index in [4.69, 9.17) is 4.74 Å². The van der Waals surface area contributed by atoms with Crippen LogP contribution in [0.3, 0.4) is 0 Å². The monoisotopic (exact) mass is 310 g/mol. The van der Waals surface area contributed by atoms with Crippen LogP contribution in [-0.2, 0) is 4.74 Å². The molecule has 1 aliphatic rings. The molecule has 0 spiro atoms. The fraction of sp³-hybridized carbons (Fsp3) is 0.562. The van der Waals surface area contributed by atoms with Crippen molar-refractivity contribution in [3.8, 4) is 0 Å². The maximum Gasteiger partial charge on any atom is 0.251 e. The Balaban J connectivity index is 1.90. The van der Waals surface area contributed by atoms with Crippen LogP contribution in [0.4, 0.5) is 4.39 Å². The Hall–Kier alpha value is -1.50. The van der Waals surface area contributed by atoms with Crippen LogP contribution < -0.4 is 5.32 Å². The van der Waals surface area contributed by atoms with Gasteiger partial charge in [-0.15, -0.1) is 0 Å². The zero-order chi connectivity index (χ0) is 16.2. The summed E-state index contributed by atoms with van der Waals surface area (Å²) in [5.41, 5.74) is -0.0530. The van der Waals surface area contributed by atoms with Gasteiger partial charge in [0.15, 0.2) is 0 Å². The highest BCUT2D eigenvalue weighted by molar-refractivity contribution is 5.95. The van der Waals surface area contributed by atoms with Crippen molar-refractivity contribution in [2.75, 3.05) is 39.4 Å². The maximum atomic E-state index is 13.2. The van der Waals surface area contributed by atoms with Gasteiger partial charge in [-0.2, -0.15) is 0 Å². The zero-order valence-electron chi connectivity index (χ0n) is 13.1. The average molecular weight is 310 g/mol. The molecule has 1 amide bonds. The van der Waals surface area contributed by atoms with E-state index < -0.39 is 11.4 Å². The number of rotatable bonds is 5. The van der Waals surface area contributed by atoms with Gasteiger partial charge in [0.05, 0.1) is 18.8 Å². The first-order valence-corrected chi connectivity index (χ1v) is 7.44. The summed E-state index contributed by atoms with van der Waals surface area (Å²) in [6.45, 7) is 6.86. The fourth-order valence-corrected chi connectivity index (χ4v) is 2.50. The number of benzene rings is 1. The number of hydrogen-bond acceptors (Lipinski definition) is 4. The first kappa shape index (κ1) is 16.9. The van der Waals surface area contributed by atoms with E-state index in [0.717, 1.165) is 13.1 Å². The van der Waals surface area contributed by atoms with Crippen molar-refractivity contribution in [1.29, 1.82) is 0 Å². The molecular formula is C16H23FN2O3. The van der Waals surface area contributed by atoms with E-state index in [1.807, 2.05) is 0 Å². The summed E-state index contributed by atoms with van der Waals surface area (Å²) in [7, 11) is 0. The highest BCUT2D eigenvalue weighted by Gasteiger charge is 2.26. The van der Waals surface area contributed by atoms with Gasteiger partial charge in [-0.3, -0.25) is 9.69 Å². The lowest BCUT2D eigenvalue weighted by molar-refractivity contribution is -0.0213. The Morgan fingerprint density at radius 3 is 2.82 bits per heavy atom. The van der Waals surface area contributed by atoms with Gasteiger partial charge < -0.3 is 15.2 Å². The zero-order valence-corrected chi connectivity index (χ0v) is 13.1. The molecule has 1 aliphatic heterocycles. The van der Waals surface area contributed by atoms with Crippen LogP contribution in [0, 0.1) is 12.7 Å². The lowest BCUT2D eigenvalue weighted by atomic mass is 10.0. The third kappa shape index (κ3) is 4.76. The van der Waals surface area contributed by atoms with Crippen LogP contribution in [0.1, 0.15) is 22.8 Å². The smallest absolute Gasteiger partial charge is 0.251 e. The normalized spacial score (nSPS) is 18.7. The second-order valence-corrected chi connectivity index (χ2v) is 6.03. The van der Waals surface area contributed by atoms with Gasteiger partial charge in [0.2, 0.25) is 0 Å². The van der Waals surface area contributed by atoms with E-state index in [9.17, 15) is 14.3 Å². The Bertz CT molecular complexity index is 528. The minimum absolute atomic E-state index is 0.110. The van der Waals surface area contributed by atoms with Crippen LogP contribution in [0.25, 0.3) is 0 Å². The maximum absolute atomic E-state index is 13.2. The molecule has 2 rings (SSSR count). The highest BCUT2D eigenvalue weighted by Crippen LogP contribution is 2.12. The van der Waals surface area contributed by atoms with Crippen molar-refractivity contribution in [3.05, 3.63) is 35.1 Å². The quantitative estimate of drug-likeness (QED) is 0.850. The molecule has 22 heavy (non-hydrogen) atoms. The number of nitrogens with one attached hydrogen (secondary N) is 1. The van der Waals surface area contributed by atoms with Gasteiger partial charge >= 0.3 is 0 Å². The molecule has 0 aliphatic carbocycles. The molecule has 6 heteroatoms. The number of β-amino-alcohol motifs (C(OH)–C–C–N with tert-alkyl or cyclic N) is 1. The van der Waals surface area contributed by atoms with E-state index in [1.54, 1.807) is 19.9 Å². The summed E-state index contributed by atoms with van der Waals surface area (Å²) < 4.78 is 18.5. The number of aryl methyl sites for hydroxylation is 1. The number of morpholine rings is 1. The van der Waals surface area contributed by atoms with Crippen LogP contribution in [0.5, 0.6) is 0 Å². The van der Waals surface area contributed by atoms with Gasteiger partial charge in [-0.05, 0) is 31.5 Å². The van der Waals surface area contributed by atoms with Gasteiger partial charge in [0.25, 0.3) is 5.91 Å². The third-order valence-electron chi connectivity index (χ3n) is 3.74. The number of amides is 1. The summed E-state index contributed by atoms with van der Waals surface area (Å²) in [5, 5.41) is 13.1. The molecule has 1 saturated heterocycles. The molecule has 5 nitrogen and oxygen atoms in total. The number of nitrogens with zero attached hydrogens (tertiary/aromatic N) is 1. The first-order chi connectivity index (χ1) is 10.4. The summed E-state index contributed by atoms with van der Waals surface area (Å²) in [6.07, 6.45) is 0. The lowest BCUT2D eigenvalue weighted by Crippen LogP contribution is -2.51. The second-order valence-electron chi connectivity index (χ2n) is 6.03. The molecular weight excluding hydrogens is 287 g/mol. The van der Waals surface area contributed by atoms with Crippen molar-refractivity contribution in [2.45, 2.75) is 19.4 Å². The molecule has 1 unspecified atom stereocenters. The molecule has 1 aromatic carbocycles. The first-order valence-electron chi connectivity index (χ1n) is 7.44. The standard InChI is InChI=1S/C16H23FN2O3/c1-12-3-4-13(17)9-14(12)15(20)18-10-16(2,21)11-19-5-7-22-8-6-19/h3-4,9,21H,5-8,10-11H2,1-2H3,(H,18,20).